The van der Waals surface area contributed by atoms with Gasteiger partial charge in [0, 0.05) is 18.4 Å². The Morgan fingerprint density at radius 1 is 1.29 bits per heavy atom. The number of rotatable bonds is 1. The van der Waals surface area contributed by atoms with Gasteiger partial charge in [0.05, 0.1) is 0 Å². The average Bonchev–Trinajstić information content (AvgIpc) is 2.66. The summed E-state index contributed by atoms with van der Waals surface area (Å²) in [6, 6.07) is 9.79. The van der Waals surface area contributed by atoms with Crippen LogP contribution < -0.4 is 0 Å². The van der Waals surface area contributed by atoms with E-state index in [9.17, 15) is 4.79 Å². The lowest BCUT2D eigenvalue weighted by atomic mass is 9.90. The quantitative estimate of drug-likeness (QED) is 0.744. The highest BCUT2D eigenvalue weighted by atomic mass is 16.7. The molecule has 2 unspecified atom stereocenters. The minimum absolute atomic E-state index is 0.202. The molecule has 1 aromatic carbocycles. The molecule has 1 aliphatic heterocycles. The van der Waals surface area contributed by atoms with E-state index in [0.29, 0.717) is 12.8 Å². The molecule has 1 fully saturated rings. The van der Waals surface area contributed by atoms with Crippen molar-refractivity contribution in [3.63, 3.8) is 0 Å². The lowest BCUT2D eigenvalue weighted by molar-refractivity contribution is -0.127. The van der Waals surface area contributed by atoms with Crippen LogP contribution >= 0.6 is 0 Å². The molecule has 2 aliphatic rings. The predicted molar refractivity (Wildman–Crippen MR) is 62.1 cm³/mol. The molecule has 0 bridgehead atoms. The number of carbonyl (C=O) groups excluding carboxylic acids is 1. The highest BCUT2D eigenvalue weighted by Gasteiger charge is 2.46. The number of hydrogen-bond acceptors (Lipinski definition) is 3. The maximum atomic E-state index is 11.5. The van der Waals surface area contributed by atoms with Crippen molar-refractivity contribution < 1.29 is 14.3 Å². The Labute approximate surface area is 100 Å². The number of fused-ring (bicyclic) bond motifs is 1. The van der Waals surface area contributed by atoms with Crippen LogP contribution in [0.15, 0.2) is 42.2 Å². The van der Waals surface area contributed by atoms with Gasteiger partial charge >= 0.3 is 0 Å². The van der Waals surface area contributed by atoms with E-state index in [2.05, 4.69) is 0 Å². The van der Waals surface area contributed by atoms with E-state index in [1.54, 1.807) is 0 Å². The van der Waals surface area contributed by atoms with Gasteiger partial charge in [0.2, 0.25) is 6.29 Å². The van der Waals surface area contributed by atoms with E-state index in [1.165, 1.54) is 0 Å². The average molecular weight is 230 g/mol. The second-order valence-electron chi connectivity index (χ2n) is 4.70. The van der Waals surface area contributed by atoms with Crippen LogP contribution in [0, 0.1) is 0 Å². The number of allylic oxidation sites excluding steroid dienone is 1. The molecule has 88 valence electrons. The van der Waals surface area contributed by atoms with Crippen LogP contribution in [0.5, 0.6) is 0 Å². The number of ether oxygens (including phenoxy) is 2. The van der Waals surface area contributed by atoms with Gasteiger partial charge in [-0.1, -0.05) is 30.3 Å². The van der Waals surface area contributed by atoms with E-state index in [0.717, 1.165) is 11.3 Å². The van der Waals surface area contributed by atoms with Gasteiger partial charge in [-0.3, -0.25) is 4.79 Å². The van der Waals surface area contributed by atoms with Crippen molar-refractivity contribution in [2.45, 2.75) is 31.7 Å². The van der Waals surface area contributed by atoms with Crippen LogP contribution in [-0.2, 0) is 14.3 Å². The molecule has 17 heavy (non-hydrogen) atoms. The summed E-state index contributed by atoms with van der Waals surface area (Å²) in [5, 5.41) is 0. The molecule has 1 aromatic rings. The normalized spacial score (nSPS) is 31.7. The first-order valence-electron chi connectivity index (χ1n) is 5.79. The van der Waals surface area contributed by atoms with Gasteiger partial charge in [0.25, 0.3) is 0 Å². The van der Waals surface area contributed by atoms with E-state index < -0.39 is 11.9 Å². The molecule has 0 saturated carbocycles. The summed E-state index contributed by atoms with van der Waals surface area (Å²) < 4.78 is 11.7. The highest BCUT2D eigenvalue weighted by molar-refractivity contribution is 5.83. The zero-order valence-corrected chi connectivity index (χ0v) is 9.68. The van der Waals surface area contributed by atoms with E-state index >= 15 is 0 Å². The largest absolute Gasteiger partial charge is 0.462 e. The number of Topliss-reactive ketones (excluding diaryl/α,β-unsaturated/α-hetero) is 1. The fraction of sp³-hybridized carbons (Fsp3) is 0.357. The third-order valence-corrected chi connectivity index (χ3v) is 3.24. The smallest absolute Gasteiger partial charge is 0.227 e. The summed E-state index contributed by atoms with van der Waals surface area (Å²) in [5.41, 5.74) is 0.409. The standard InChI is InChI=1S/C14H14O3/c1-14-9-11(15)7-8-12(14)16-13(17-14)10-5-3-2-4-6-10/h2-6,8,13H,7,9H2,1H3. The number of hydrogen-bond donors (Lipinski definition) is 0. The minimum Gasteiger partial charge on any atom is -0.462 e. The van der Waals surface area contributed by atoms with Crippen LogP contribution in [0.4, 0.5) is 0 Å². The highest BCUT2D eigenvalue weighted by Crippen LogP contribution is 2.44. The molecule has 1 heterocycles. The Balaban J connectivity index is 1.89. The number of carbonyl (C=O) groups is 1. The van der Waals surface area contributed by atoms with Crippen molar-refractivity contribution in [2.75, 3.05) is 0 Å². The summed E-state index contributed by atoms with van der Waals surface area (Å²) >= 11 is 0. The third-order valence-electron chi connectivity index (χ3n) is 3.24. The zero-order chi connectivity index (χ0) is 11.9. The van der Waals surface area contributed by atoms with E-state index in [4.69, 9.17) is 9.47 Å². The van der Waals surface area contributed by atoms with Gasteiger partial charge in [-0.2, -0.15) is 0 Å². The van der Waals surface area contributed by atoms with Crippen molar-refractivity contribution >= 4 is 5.78 Å². The van der Waals surface area contributed by atoms with Gasteiger partial charge in [-0.25, -0.2) is 0 Å². The summed E-state index contributed by atoms with van der Waals surface area (Å²) in [6.07, 6.45) is 2.31. The number of ketones is 1. The zero-order valence-electron chi connectivity index (χ0n) is 9.68. The Hall–Kier alpha value is -1.61. The molecule has 3 heteroatoms. The summed E-state index contributed by atoms with van der Waals surface area (Å²) in [5.74, 6) is 1.000. The summed E-state index contributed by atoms with van der Waals surface area (Å²) in [7, 11) is 0. The van der Waals surface area contributed by atoms with Crippen LogP contribution in [0.3, 0.4) is 0 Å². The first kappa shape index (κ1) is 10.5. The maximum Gasteiger partial charge on any atom is 0.227 e. The lowest BCUT2D eigenvalue weighted by Gasteiger charge is -2.24. The van der Waals surface area contributed by atoms with Crippen molar-refractivity contribution in [2.24, 2.45) is 0 Å². The van der Waals surface area contributed by atoms with Crippen molar-refractivity contribution in [1.29, 1.82) is 0 Å². The molecule has 0 N–H and O–H groups in total. The monoisotopic (exact) mass is 230 g/mol. The Morgan fingerprint density at radius 2 is 2.06 bits per heavy atom. The third kappa shape index (κ3) is 1.76. The molecule has 3 rings (SSSR count). The predicted octanol–water partition coefficient (Wildman–Crippen LogP) is 2.74. The lowest BCUT2D eigenvalue weighted by Crippen LogP contribution is -2.32. The molecular formula is C14H14O3. The van der Waals surface area contributed by atoms with Gasteiger partial charge in [0.15, 0.2) is 0 Å². The number of benzene rings is 1. The second kappa shape index (κ2) is 3.70. The molecule has 3 nitrogen and oxygen atoms in total. The van der Waals surface area contributed by atoms with Crippen LogP contribution in [0.2, 0.25) is 0 Å². The molecule has 0 amide bonds. The van der Waals surface area contributed by atoms with Gasteiger partial charge in [0.1, 0.15) is 17.1 Å². The summed E-state index contributed by atoms with van der Waals surface area (Å²) in [4.78, 5) is 11.5. The molecule has 0 aromatic heterocycles. The Kier molecular flexibility index (Phi) is 2.30. The second-order valence-corrected chi connectivity index (χ2v) is 4.70. The molecule has 0 spiro atoms. The van der Waals surface area contributed by atoms with Crippen LogP contribution in [-0.4, -0.2) is 11.4 Å². The molecule has 1 saturated heterocycles. The van der Waals surface area contributed by atoms with E-state index in [-0.39, 0.29) is 5.78 Å². The van der Waals surface area contributed by atoms with Crippen molar-refractivity contribution in [3.05, 3.63) is 47.7 Å². The van der Waals surface area contributed by atoms with Gasteiger partial charge in [-0.05, 0) is 13.0 Å². The van der Waals surface area contributed by atoms with E-state index in [1.807, 2.05) is 43.3 Å². The maximum absolute atomic E-state index is 11.5. The fourth-order valence-electron chi connectivity index (χ4n) is 2.35. The first-order chi connectivity index (χ1) is 8.17. The van der Waals surface area contributed by atoms with Gasteiger partial charge < -0.3 is 9.47 Å². The fourth-order valence-corrected chi connectivity index (χ4v) is 2.35. The minimum atomic E-state index is -0.574. The molecule has 1 aliphatic carbocycles. The van der Waals surface area contributed by atoms with Crippen LogP contribution in [0.1, 0.15) is 31.6 Å². The topological polar surface area (TPSA) is 35.5 Å². The molecule has 2 atom stereocenters. The first-order valence-corrected chi connectivity index (χ1v) is 5.79. The SMILES string of the molecule is CC12CC(=O)CC=C1OC(c1ccccc1)O2. The summed E-state index contributed by atoms with van der Waals surface area (Å²) in [6.45, 7) is 1.92. The Bertz CT molecular complexity index is 478. The van der Waals surface area contributed by atoms with Crippen LogP contribution in [0.25, 0.3) is 0 Å². The van der Waals surface area contributed by atoms with Crippen molar-refractivity contribution in [3.8, 4) is 0 Å². The molecule has 0 radical (unpaired) electrons. The van der Waals surface area contributed by atoms with Gasteiger partial charge in [-0.15, -0.1) is 0 Å². The van der Waals surface area contributed by atoms with Crippen molar-refractivity contribution in [1.82, 2.24) is 0 Å². The molecular weight excluding hydrogens is 216 g/mol. The Morgan fingerprint density at radius 3 is 2.82 bits per heavy atom.